The number of carbonyl (C=O) groups is 2. The fraction of sp³-hybridized carbons (Fsp3) is 0.529. The number of amides is 1. The molecule has 8 nitrogen and oxygen atoms in total. The van der Waals surface area contributed by atoms with E-state index in [1.54, 1.807) is 17.0 Å². The highest BCUT2D eigenvalue weighted by Crippen LogP contribution is 2.30. The van der Waals surface area contributed by atoms with E-state index in [1.807, 2.05) is 4.90 Å². The van der Waals surface area contributed by atoms with Gasteiger partial charge in [-0.15, -0.1) is 0 Å². The van der Waals surface area contributed by atoms with Gasteiger partial charge in [-0.05, 0) is 37.8 Å². The van der Waals surface area contributed by atoms with E-state index in [9.17, 15) is 24.8 Å². The monoisotopic (exact) mass is 347 g/mol. The average Bonchev–Trinajstić information content (AvgIpc) is 3.15. The SMILES string of the molecule is O=C(O)C1CCCN(c2ccc([N+](=O)[O-])c(C(=O)N3CCCC3)c2)C1. The molecular formula is C17H21N3O5. The number of likely N-dealkylation sites (tertiary alicyclic amines) is 1. The van der Waals surface area contributed by atoms with Crippen molar-refractivity contribution < 1.29 is 19.6 Å². The van der Waals surface area contributed by atoms with E-state index in [1.165, 1.54) is 6.07 Å². The maximum atomic E-state index is 12.7. The van der Waals surface area contributed by atoms with Crippen LogP contribution in [0.15, 0.2) is 18.2 Å². The van der Waals surface area contributed by atoms with Gasteiger partial charge in [0.2, 0.25) is 0 Å². The molecule has 2 aliphatic rings. The summed E-state index contributed by atoms with van der Waals surface area (Å²) >= 11 is 0. The second-order valence-corrected chi connectivity index (χ2v) is 6.58. The summed E-state index contributed by atoms with van der Waals surface area (Å²) in [6, 6.07) is 4.50. The minimum atomic E-state index is -0.833. The van der Waals surface area contributed by atoms with Crippen molar-refractivity contribution in [1.29, 1.82) is 0 Å². The number of carboxylic acid groups (broad SMARTS) is 1. The fourth-order valence-corrected chi connectivity index (χ4v) is 3.56. The lowest BCUT2D eigenvalue weighted by molar-refractivity contribution is -0.385. The van der Waals surface area contributed by atoms with Crippen LogP contribution in [0.4, 0.5) is 11.4 Å². The van der Waals surface area contributed by atoms with Gasteiger partial charge in [0.25, 0.3) is 11.6 Å². The van der Waals surface area contributed by atoms with Gasteiger partial charge in [0, 0.05) is 37.9 Å². The Morgan fingerprint density at radius 2 is 1.88 bits per heavy atom. The van der Waals surface area contributed by atoms with Crippen LogP contribution in [0.1, 0.15) is 36.0 Å². The molecule has 0 bridgehead atoms. The van der Waals surface area contributed by atoms with Crippen LogP contribution < -0.4 is 4.90 Å². The Morgan fingerprint density at radius 3 is 2.52 bits per heavy atom. The van der Waals surface area contributed by atoms with Gasteiger partial charge in [0.15, 0.2) is 0 Å². The Hall–Kier alpha value is -2.64. The third-order valence-corrected chi connectivity index (χ3v) is 4.94. The molecule has 1 atom stereocenters. The Balaban J connectivity index is 1.90. The van der Waals surface area contributed by atoms with Crippen molar-refractivity contribution in [3.8, 4) is 0 Å². The highest BCUT2D eigenvalue weighted by molar-refractivity contribution is 5.99. The Morgan fingerprint density at radius 1 is 1.16 bits per heavy atom. The van der Waals surface area contributed by atoms with Gasteiger partial charge in [0.1, 0.15) is 5.56 Å². The molecule has 0 spiro atoms. The van der Waals surface area contributed by atoms with Gasteiger partial charge in [0.05, 0.1) is 10.8 Å². The smallest absolute Gasteiger partial charge is 0.308 e. The molecule has 1 aromatic carbocycles. The van der Waals surface area contributed by atoms with Crippen LogP contribution in [0.25, 0.3) is 0 Å². The number of nitro benzene ring substituents is 1. The van der Waals surface area contributed by atoms with Crippen LogP contribution in [0.5, 0.6) is 0 Å². The second-order valence-electron chi connectivity index (χ2n) is 6.58. The van der Waals surface area contributed by atoms with Gasteiger partial charge >= 0.3 is 5.97 Å². The number of benzene rings is 1. The first-order valence-corrected chi connectivity index (χ1v) is 8.53. The summed E-state index contributed by atoms with van der Waals surface area (Å²) in [6.45, 7) is 2.26. The van der Waals surface area contributed by atoms with Gasteiger partial charge < -0.3 is 14.9 Å². The third kappa shape index (κ3) is 3.57. The number of carbonyl (C=O) groups excluding carboxylic acids is 1. The van der Waals surface area contributed by atoms with Crippen molar-refractivity contribution in [2.45, 2.75) is 25.7 Å². The number of aliphatic carboxylic acids is 1. The number of carboxylic acids is 1. The van der Waals surface area contributed by atoms with Crippen LogP contribution in [0.2, 0.25) is 0 Å². The minimum absolute atomic E-state index is 0.0850. The van der Waals surface area contributed by atoms with Crippen molar-refractivity contribution in [3.63, 3.8) is 0 Å². The van der Waals surface area contributed by atoms with Gasteiger partial charge in [-0.2, -0.15) is 0 Å². The number of nitro groups is 1. The zero-order chi connectivity index (χ0) is 18.0. The lowest BCUT2D eigenvalue weighted by atomic mass is 9.97. The van der Waals surface area contributed by atoms with Gasteiger partial charge in [-0.25, -0.2) is 0 Å². The molecule has 0 saturated carbocycles. The number of anilines is 1. The van der Waals surface area contributed by atoms with E-state index in [4.69, 9.17) is 0 Å². The van der Waals surface area contributed by atoms with Crippen LogP contribution >= 0.6 is 0 Å². The highest BCUT2D eigenvalue weighted by Gasteiger charge is 2.30. The fourth-order valence-electron chi connectivity index (χ4n) is 3.56. The maximum Gasteiger partial charge on any atom is 0.308 e. The van der Waals surface area contributed by atoms with Gasteiger partial charge in [-0.1, -0.05) is 0 Å². The second kappa shape index (κ2) is 7.08. The molecule has 1 aromatic rings. The summed E-state index contributed by atoms with van der Waals surface area (Å²) in [5.74, 6) is -1.61. The van der Waals surface area contributed by atoms with Crippen molar-refractivity contribution in [2.24, 2.45) is 5.92 Å². The molecule has 134 valence electrons. The predicted molar refractivity (Wildman–Crippen MR) is 90.8 cm³/mol. The van der Waals surface area contributed by atoms with Crippen LogP contribution in [0, 0.1) is 16.0 Å². The van der Waals surface area contributed by atoms with Crippen LogP contribution in [-0.2, 0) is 4.79 Å². The van der Waals surface area contributed by atoms with Crippen LogP contribution in [0.3, 0.4) is 0 Å². The van der Waals surface area contributed by atoms with Crippen molar-refractivity contribution in [1.82, 2.24) is 4.90 Å². The first kappa shape index (κ1) is 17.2. The molecule has 0 aromatic heterocycles. The zero-order valence-electron chi connectivity index (χ0n) is 13.9. The topological polar surface area (TPSA) is 104 Å². The Labute approximate surface area is 145 Å². The number of nitrogens with zero attached hydrogens (tertiary/aromatic N) is 3. The molecule has 0 aliphatic carbocycles. The average molecular weight is 347 g/mol. The summed E-state index contributed by atoms with van der Waals surface area (Å²) in [7, 11) is 0. The first-order chi connectivity index (χ1) is 12.0. The largest absolute Gasteiger partial charge is 0.481 e. The summed E-state index contributed by atoms with van der Waals surface area (Å²) in [5.41, 5.74) is 0.549. The molecule has 2 saturated heterocycles. The van der Waals surface area contributed by atoms with E-state index in [0.717, 1.165) is 19.3 Å². The van der Waals surface area contributed by atoms with Crippen molar-refractivity contribution in [2.75, 3.05) is 31.1 Å². The zero-order valence-corrected chi connectivity index (χ0v) is 13.9. The lowest BCUT2D eigenvalue weighted by Crippen LogP contribution is -2.38. The van der Waals surface area contributed by atoms with E-state index >= 15 is 0 Å². The molecule has 3 rings (SSSR count). The summed E-state index contributed by atoms with van der Waals surface area (Å²) in [4.78, 5) is 38.2. The normalized spacial score (nSPS) is 20.6. The molecule has 8 heteroatoms. The quantitative estimate of drug-likeness (QED) is 0.661. The first-order valence-electron chi connectivity index (χ1n) is 8.53. The summed E-state index contributed by atoms with van der Waals surface area (Å²) in [6.07, 6.45) is 3.18. The number of hydrogen-bond donors (Lipinski definition) is 1. The molecule has 2 fully saturated rings. The van der Waals surface area contributed by atoms with Crippen LogP contribution in [-0.4, -0.2) is 53.0 Å². The van der Waals surface area contributed by atoms with Crippen molar-refractivity contribution in [3.05, 3.63) is 33.9 Å². The number of hydrogen-bond acceptors (Lipinski definition) is 5. The van der Waals surface area contributed by atoms with E-state index in [0.29, 0.717) is 38.3 Å². The lowest BCUT2D eigenvalue weighted by Gasteiger charge is -2.32. The standard InChI is InChI=1S/C17H21N3O5/c21-16(18-7-1-2-8-18)14-10-13(5-6-15(14)20(24)25)19-9-3-4-12(11-19)17(22)23/h5-6,10,12H,1-4,7-9,11H2,(H,22,23). The summed E-state index contributed by atoms with van der Waals surface area (Å²) < 4.78 is 0. The number of piperidine rings is 1. The third-order valence-electron chi connectivity index (χ3n) is 4.94. The van der Waals surface area contributed by atoms with E-state index in [2.05, 4.69) is 0 Å². The summed E-state index contributed by atoms with van der Waals surface area (Å²) in [5, 5.41) is 20.5. The molecule has 2 aliphatic heterocycles. The molecular weight excluding hydrogens is 326 g/mol. The molecule has 1 unspecified atom stereocenters. The minimum Gasteiger partial charge on any atom is -0.481 e. The molecule has 1 N–H and O–H groups in total. The number of rotatable bonds is 4. The van der Waals surface area contributed by atoms with E-state index < -0.39 is 16.8 Å². The predicted octanol–water partition coefficient (Wildman–Crippen LogP) is 2.13. The molecule has 0 radical (unpaired) electrons. The Bertz CT molecular complexity index is 700. The Kier molecular flexibility index (Phi) is 4.87. The maximum absolute atomic E-state index is 12.7. The van der Waals surface area contributed by atoms with E-state index in [-0.39, 0.29) is 17.2 Å². The van der Waals surface area contributed by atoms with Crippen molar-refractivity contribution >= 4 is 23.3 Å². The molecule has 2 heterocycles. The molecule has 25 heavy (non-hydrogen) atoms. The molecule has 1 amide bonds. The highest BCUT2D eigenvalue weighted by atomic mass is 16.6. The van der Waals surface area contributed by atoms with Gasteiger partial charge in [-0.3, -0.25) is 19.7 Å².